The van der Waals surface area contributed by atoms with Gasteiger partial charge in [-0.25, -0.2) is 4.98 Å². The summed E-state index contributed by atoms with van der Waals surface area (Å²) in [5.41, 5.74) is 0.877. The van der Waals surface area contributed by atoms with Crippen molar-refractivity contribution in [3.05, 3.63) is 23.9 Å². The minimum absolute atomic E-state index is 0.100. The Morgan fingerprint density at radius 3 is 2.60 bits per heavy atom. The zero-order valence-corrected chi connectivity index (χ0v) is 9.91. The zero-order valence-electron chi connectivity index (χ0n) is 9.91. The van der Waals surface area contributed by atoms with Crippen LogP contribution in [0.15, 0.2) is 18.2 Å². The maximum atomic E-state index is 9.83. The number of nitrogens with zero attached hydrogens (tertiary/aromatic N) is 1. The van der Waals surface area contributed by atoms with Crippen LogP contribution in [0.2, 0.25) is 0 Å². The third-order valence-electron chi connectivity index (χ3n) is 2.36. The molecule has 1 rings (SSSR count). The van der Waals surface area contributed by atoms with Gasteiger partial charge in [0.25, 0.3) is 0 Å². The van der Waals surface area contributed by atoms with E-state index in [0.717, 1.165) is 11.5 Å². The summed E-state index contributed by atoms with van der Waals surface area (Å²) in [7, 11) is 0. The lowest BCUT2D eigenvalue weighted by molar-refractivity contribution is 0.0745. The summed E-state index contributed by atoms with van der Waals surface area (Å²) in [5.74, 6) is 0.818. The van der Waals surface area contributed by atoms with Gasteiger partial charge in [0, 0.05) is 12.2 Å². The first-order chi connectivity index (χ1) is 6.89. The Kier molecular flexibility index (Phi) is 3.69. The highest BCUT2D eigenvalue weighted by Crippen LogP contribution is 2.19. The minimum Gasteiger partial charge on any atom is -0.391 e. The molecule has 0 bridgehead atoms. The molecule has 0 aliphatic heterocycles. The second-order valence-electron chi connectivity index (χ2n) is 4.93. The molecule has 0 aliphatic rings. The van der Waals surface area contributed by atoms with Crippen LogP contribution in [-0.4, -0.2) is 22.7 Å². The third-order valence-corrected chi connectivity index (χ3v) is 2.36. The van der Waals surface area contributed by atoms with E-state index in [2.05, 4.69) is 10.3 Å². The van der Waals surface area contributed by atoms with Gasteiger partial charge in [-0.05, 0) is 24.5 Å². The third kappa shape index (κ3) is 3.88. The molecule has 84 valence electrons. The van der Waals surface area contributed by atoms with Crippen LogP contribution >= 0.6 is 0 Å². The van der Waals surface area contributed by atoms with Gasteiger partial charge in [0.05, 0.1) is 6.10 Å². The van der Waals surface area contributed by atoms with E-state index >= 15 is 0 Å². The molecule has 15 heavy (non-hydrogen) atoms. The van der Waals surface area contributed by atoms with Crippen LogP contribution in [-0.2, 0) is 0 Å². The fourth-order valence-electron chi connectivity index (χ4n) is 1.15. The molecule has 3 nitrogen and oxygen atoms in total. The van der Waals surface area contributed by atoms with Crippen LogP contribution < -0.4 is 5.32 Å². The molecule has 0 spiro atoms. The first-order valence-corrected chi connectivity index (χ1v) is 5.25. The van der Waals surface area contributed by atoms with E-state index in [-0.39, 0.29) is 11.5 Å². The molecule has 1 atom stereocenters. The van der Waals surface area contributed by atoms with E-state index < -0.39 is 0 Å². The molecule has 2 N–H and O–H groups in total. The standard InChI is InChI=1S/C12H20N2O/c1-9-6-5-7-11(14-9)13-8-10(15)12(2,3)4/h5-7,10,15H,8H2,1-4H3,(H,13,14)/t10-/m1/s1. The number of aliphatic hydroxyl groups excluding tert-OH is 1. The van der Waals surface area contributed by atoms with Crippen molar-refractivity contribution in [3.63, 3.8) is 0 Å². The molecule has 1 heterocycles. The Morgan fingerprint density at radius 1 is 1.40 bits per heavy atom. The highest BCUT2D eigenvalue weighted by atomic mass is 16.3. The van der Waals surface area contributed by atoms with Crippen LogP contribution in [0.25, 0.3) is 0 Å². The second kappa shape index (κ2) is 4.62. The average molecular weight is 208 g/mol. The van der Waals surface area contributed by atoms with Crippen LogP contribution in [0, 0.1) is 12.3 Å². The first-order valence-electron chi connectivity index (χ1n) is 5.25. The topological polar surface area (TPSA) is 45.1 Å². The van der Waals surface area contributed by atoms with Gasteiger partial charge in [0.1, 0.15) is 5.82 Å². The monoisotopic (exact) mass is 208 g/mol. The van der Waals surface area contributed by atoms with E-state index in [0.29, 0.717) is 6.54 Å². The maximum Gasteiger partial charge on any atom is 0.126 e. The van der Waals surface area contributed by atoms with Crippen LogP contribution in [0.3, 0.4) is 0 Å². The van der Waals surface area contributed by atoms with Crippen LogP contribution in [0.1, 0.15) is 26.5 Å². The number of rotatable bonds is 3. The van der Waals surface area contributed by atoms with Gasteiger partial charge in [-0.2, -0.15) is 0 Å². The number of hydrogen-bond acceptors (Lipinski definition) is 3. The number of aryl methyl sites for hydroxylation is 1. The summed E-state index contributed by atoms with van der Waals surface area (Å²) >= 11 is 0. The van der Waals surface area contributed by atoms with Crippen molar-refractivity contribution in [1.82, 2.24) is 4.98 Å². The molecule has 0 fully saturated rings. The molecule has 0 unspecified atom stereocenters. The molecular formula is C12H20N2O. The van der Waals surface area contributed by atoms with E-state index in [4.69, 9.17) is 0 Å². The van der Waals surface area contributed by atoms with Gasteiger partial charge in [0.2, 0.25) is 0 Å². The Hall–Kier alpha value is -1.09. The zero-order chi connectivity index (χ0) is 11.5. The summed E-state index contributed by atoms with van der Waals surface area (Å²) in [6.45, 7) is 8.53. The Balaban J connectivity index is 2.51. The quantitative estimate of drug-likeness (QED) is 0.800. The normalized spacial score (nSPS) is 13.7. The number of hydrogen-bond donors (Lipinski definition) is 2. The average Bonchev–Trinajstić information content (AvgIpc) is 2.12. The fourth-order valence-corrected chi connectivity index (χ4v) is 1.15. The Labute approximate surface area is 91.5 Å². The lowest BCUT2D eigenvalue weighted by Gasteiger charge is -2.26. The predicted molar refractivity (Wildman–Crippen MR) is 62.9 cm³/mol. The largest absolute Gasteiger partial charge is 0.391 e. The van der Waals surface area contributed by atoms with Crippen molar-refractivity contribution >= 4 is 5.82 Å². The van der Waals surface area contributed by atoms with Gasteiger partial charge in [0.15, 0.2) is 0 Å². The lowest BCUT2D eigenvalue weighted by atomic mass is 9.89. The lowest BCUT2D eigenvalue weighted by Crippen LogP contribution is -2.33. The van der Waals surface area contributed by atoms with Gasteiger partial charge < -0.3 is 10.4 Å². The number of pyridine rings is 1. The van der Waals surface area contributed by atoms with Crippen LogP contribution in [0.4, 0.5) is 5.82 Å². The van der Waals surface area contributed by atoms with E-state index in [1.807, 2.05) is 45.9 Å². The molecule has 0 amide bonds. The highest BCUT2D eigenvalue weighted by molar-refractivity contribution is 5.35. The number of nitrogens with one attached hydrogen (secondary N) is 1. The molecule has 0 aliphatic carbocycles. The van der Waals surface area contributed by atoms with Crippen molar-refractivity contribution in [3.8, 4) is 0 Å². The Morgan fingerprint density at radius 2 is 2.07 bits per heavy atom. The SMILES string of the molecule is Cc1cccc(NC[C@@H](O)C(C)(C)C)n1. The summed E-state index contributed by atoms with van der Waals surface area (Å²) in [4.78, 5) is 4.30. The van der Waals surface area contributed by atoms with Crippen molar-refractivity contribution in [2.75, 3.05) is 11.9 Å². The maximum absolute atomic E-state index is 9.83. The van der Waals surface area contributed by atoms with Gasteiger partial charge >= 0.3 is 0 Å². The van der Waals surface area contributed by atoms with Gasteiger partial charge in [-0.3, -0.25) is 0 Å². The molecule has 3 heteroatoms. The van der Waals surface area contributed by atoms with Crippen molar-refractivity contribution in [2.45, 2.75) is 33.8 Å². The molecule has 0 saturated carbocycles. The second-order valence-corrected chi connectivity index (χ2v) is 4.93. The van der Waals surface area contributed by atoms with E-state index in [1.54, 1.807) is 0 Å². The number of aromatic nitrogens is 1. The minimum atomic E-state index is -0.375. The van der Waals surface area contributed by atoms with Crippen LogP contribution in [0.5, 0.6) is 0 Å². The number of aliphatic hydroxyl groups is 1. The predicted octanol–water partition coefficient (Wildman–Crippen LogP) is 2.21. The molecule has 1 aromatic rings. The summed E-state index contributed by atoms with van der Waals surface area (Å²) in [6, 6.07) is 5.81. The molecule has 1 aromatic heterocycles. The molecule has 0 saturated heterocycles. The fraction of sp³-hybridized carbons (Fsp3) is 0.583. The first kappa shape index (κ1) is 12.0. The van der Waals surface area contributed by atoms with Crippen molar-refractivity contribution in [2.24, 2.45) is 5.41 Å². The molecule has 0 aromatic carbocycles. The summed E-state index contributed by atoms with van der Waals surface area (Å²) in [5, 5.41) is 13.0. The van der Waals surface area contributed by atoms with Crippen molar-refractivity contribution < 1.29 is 5.11 Å². The van der Waals surface area contributed by atoms with E-state index in [1.165, 1.54) is 0 Å². The van der Waals surface area contributed by atoms with Gasteiger partial charge in [-0.15, -0.1) is 0 Å². The summed E-state index contributed by atoms with van der Waals surface area (Å²) in [6.07, 6.45) is -0.375. The van der Waals surface area contributed by atoms with E-state index in [9.17, 15) is 5.11 Å². The van der Waals surface area contributed by atoms with Gasteiger partial charge in [-0.1, -0.05) is 26.8 Å². The smallest absolute Gasteiger partial charge is 0.126 e. The summed E-state index contributed by atoms with van der Waals surface area (Å²) < 4.78 is 0. The highest BCUT2D eigenvalue weighted by Gasteiger charge is 2.21. The van der Waals surface area contributed by atoms with Crippen molar-refractivity contribution in [1.29, 1.82) is 0 Å². The Bertz CT molecular complexity index is 318. The molecular weight excluding hydrogens is 188 g/mol. The molecule has 0 radical (unpaired) electrons. The number of anilines is 1.